The molecule has 0 radical (unpaired) electrons. The summed E-state index contributed by atoms with van der Waals surface area (Å²) in [5.41, 5.74) is 4.63. The Hall–Kier alpha value is -1.63. The molecule has 1 unspecified atom stereocenters. The molecule has 0 saturated carbocycles. The number of unbranched alkanes of at least 4 members (excludes halogenated alkanes) is 1. The van der Waals surface area contributed by atoms with Crippen molar-refractivity contribution in [1.29, 1.82) is 0 Å². The summed E-state index contributed by atoms with van der Waals surface area (Å²) in [6.45, 7) is 16.7. The maximum Gasteiger partial charge on any atom is 0.309 e. The molecule has 1 atom stereocenters. The fourth-order valence-corrected chi connectivity index (χ4v) is 5.17. The topological polar surface area (TPSA) is 58.6 Å². The van der Waals surface area contributed by atoms with Gasteiger partial charge in [-0.1, -0.05) is 79.8 Å². The SMILES string of the molecule is CC(C)(C)CC(=O)NCCCCC1(C)c2cc(Br)ccc2-c2ccc(BOC(C)(C)C(C)(C)O)cc21. The number of rotatable bonds is 10. The lowest BCUT2D eigenvalue weighted by molar-refractivity contribution is -0.122. The van der Waals surface area contributed by atoms with Gasteiger partial charge in [-0.25, -0.2) is 0 Å². The van der Waals surface area contributed by atoms with E-state index in [-0.39, 0.29) is 16.7 Å². The monoisotopic (exact) mass is 555 g/mol. The van der Waals surface area contributed by atoms with Crippen molar-refractivity contribution in [3.63, 3.8) is 0 Å². The van der Waals surface area contributed by atoms with Crippen LogP contribution in [-0.2, 0) is 14.9 Å². The van der Waals surface area contributed by atoms with E-state index < -0.39 is 11.2 Å². The smallest absolute Gasteiger partial charge is 0.309 e. The Labute approximate surface area is 227 Å². The minimum atomic E-state index is -0.941. The number of carbonyl (C=O) groups excluding carboxylic acids is 1. The van der Waals surface area contributed by atoms with Gasteiger partial charge < -0.3 is 15.1 Å². The van der Waals surface area contributed by atoms with E-state index in [4.69, 9.17) is 4.65 Å². The fourth-order valence-electron chi connectivity index (χ4n) is 4.81. The summed E-state index contributed by atoms with van der Waals surface area (Å²) in [6.07, 6.45) is 3.52. The zero-order valence-corrected chi connectivity index (χ0v) is 24.9. The molecule has 1 amide bonds. The van der Waals surface area contributed by atoms with Gasteiger partial charge in [0.05, 0.1) is 11.2 Å². The second-order valence-corrected chi connectivity index (χ2v) is 13.7. The molecule has 0 aliphatic heterocycles. The lowest BCUT2D eigenvalue weighted by Gasteiger charge is -2.37. The van der Waals surface area contributed by atoms with Crippen molar-refractivity contribution < 1.29 is 14.6 Å². The van der Waals surface area contributed by atoms with Crippen LogP contribution in [0.5, 0.6) is 0 Å². The molecule has 4 nitrogen and oxygen atoms in total. The largest absolute Gasteiger partial charge is 0.427 e. The molecule has 0 aromatic heterocycles. The Morgan fingerprint density at radius 2 is 1.61 bits per heavy atom. The Balaban J connectivity index is 1.76. The molecule has 2 aromatic rings. The third kappa shape index (κ3) is 6.62. The Kier molecular flexibility index (Phi) is 8.54. The van der Waals surface area contributed by atoms with Crippen molar-refractivity contribution in [2.75, 3.05) is 6.54 Å². The first kappa shape index (κ1) is 28.9. The van der Waals surface area contributed by atoms with Gasteiger partial charge in [0.25, 0.3) is 0 Å². The van der Waals surface area contributed by atoms with Gasteiger partial charge in [0.1, 0.15) is 0 Å². The molecular formula is C30H43BBrNO3. The summed E-state index contributed by atoms with van der Waals surface area (Å²) in [4.78, 5) is 12.2. The van der Waals surface area contributed by atoms with E-state index in [9.17, 15) is 9.90 Å². The Morgan fingerprint density at radius 3 is 2.22 bits per heavy atom. The summed E-state index contributed by atoms with van der Waals surface area (Å²) >= 11 is 3.68. The summed E-state index contributed by atoms with van der Waals surface area (Å²) in [7, 11) is 0.445. The van der Waals surface area contributed by atoms with Crippen LogP contribution in [0.25, 0.3) is 11.1 Å². The number of aliphatic hydroxyl groups is 1. The third-order valence-corrected chi connectivity index (χ3v) is 8.23. The lowest BCUT2D eigenvalue weighted by Crippen LogP contribution is -2.49. The van der Waals surface area contributed by atoms with Crippen LogP contribution in [0.15, 0.2) is 40.9 Å². The van der Waals surface area contributed by atoms with Gasteiger partial charge in [-0.2, -0.15) is 0 Å². The lowest BCUT2D eigenvalue weighted by atomic mass is 9.74. The molecule has 6 heteroatoms. The zero-order valence-electron chi connectivity index (χ0n) is 23.3. The first-order valence-corrected chi connectivity index (χ1v) is 13.9. The van der Waals surface area contributed by atoms with E-state index in [2.05, 4.69) is 85.3 Å². The van der Waals surface area contributed by atoms with Crippen molar-refractivity contribution >= 4 is 34.8 Å². The summed E-state index contributed by atoms with van der Waals surface area (Å²) < 4.78 is 7.26. The standard InChI is InChI=1S/C30H43BBrNO3/c1-27(2,3)19-26(34)33-16-10-9-15-30(8)24-17-20(31-36-29(6,7)28(4,5)35)11-13-22(24)23-14-12-21(32)18-25(23)30/h11-14,17-18,31,35H,9-10,15-16,19H2,1-8H3,(H,33,34). The second-order valence-electron chi connectivity index (χ2n) is 12.8. The minimum Gasteiger partial charge on any atom is -0.427 e. The van der Waals surface area contributed by atoms with Crippen LogP contribution < -0.4 is 10.8 Å². The fraction of sp³-hybridized carbons (Fsp3) is 0.567. The van der Waals surface area contributed by atoms with E-state index in [1.54, 1.807) is 13.8 Å². The van der Waals surface area contributed by atoms with Crippen molar-refractivity contribution in [2.24, 2.45) is 5.41 Å². The molecule has 0 saturated heterocycles. The predicted molar refractivity (Wildman–Crippen MR) is 155 cm³/mol. The highest BCUT2D eigenvalue weighted by atomic mass is 79.9. The minimum absolute atomic E-state index is 0.00573. The molecule has 2 N–H and O–H groups in total. The summed E-state index contributed by atoms with van der Waals surface area (Å²) in [5.74, 6) is 0.132. The number of benzene rings is 2. The number of nitrogens with one attached hydrogen (secondary N) is 1. The molecular weight excluding hydrogens is 513 g/mol. The van der Waals surface area contributed by atoms with Crippen LogP contribution >= 0.6 is 15.9 Å². The molecule has 3 rings (SSSR count). The number of hydrogen-bond acceptors (Lipinski definition) is 3. The van der Waals surface area contributed by atoms with E-state index in [0.29, 0.717) is 20.4 Å². The molecule has 0 bridgehead atoms. The van der Waals surface area contributed by atoms with Crippen LogP contribution in [0.3, 0.4) is 0 Å². The average Bonchev–Trinajstić information content (AvgIpc) is 2.98. The van der Waals surface area contributed by atoms with Crippen molar-refractivity contribution in [3.8, 4) is 11.1 Å². The molecule has 0 heterocycles. The number of halogens is 1. The number of fused-ring (bicyclic) bond motifs is 3. The Morgan fingerprint density at radius 1 is 1.00 bits per heavy atom. The molecule has 0 spiro atoms. The van der Waals surface area contributed by atoms with Crippen molar-refractivity contribution in [1.82, 2.24) is 5.32 Å². The van der Waals surface area contributed by atoms with E-state index in [1.165, 1.54) is 22.3 Å². The van der Waals surface area contributed by atoms with Crippen molar-refractivity contribution in [3.05, 3.63) is 52.0 Å². The molecule has 2 aromatic carbocycles. The zero-order chi connectivity index (χ0) is 26.9. The van der Waals surface area contributed by atoms with Gasteiger partial charge >= 0.3 is 7.48 Å². The molecule has 36 heavy (non-hydrogen) atoms. The average molecular weight is 556 g/mol. The predicted octanol–water partition coefficient (Wildman–Crippen LogP) is 6.00. The van der Waals surface area contributed by atoms with Crippen LogP contribution in [-0.4, -0.2) is 36.2 Å². The normalized spacial score (nSPS) is 17.5. The van der Waals surface area contributed by atoms with Crippen molar-refractivity contribution in [2.45, 2.75) is 97.7 Å². The van der Waals surface area contributed by atoms with Gasteiger partial charge in [0, 0.05) is 22.9 Å². The first-order valence-electron chi connectivity index (χ1n) is 13.1. The van der Waals surface area contributed by atoms with Gasteiger partial charge in [-0.15, -0.1) is 0 Å². The Bertz CT molecular complexity index is 1100. The number of amides is 1. The molecule has 1 aliphatic carbocycles. The maximum atomic E-state index is 12.2. The molecule has 0 fully saturated rings. The highest BCUT2D eigenvalue weighted by Gasteiger charge is 2.40. The number of carbonyl (C=O) groups is 1. The van der Waals surface area contributed by atoms with Gasteiger partial charge in [0.15, 0.2) is 0 Å². The van der Waals surface area contributed by atoms with Crippen LogP contribution in [0.1, 0.15) is 92.2 Å². The summed E-state index contributed by atoms with van der Waals surface area (Å²) in [5, 5.41) is 13.6. The maximum absolute atomic E-state index is 12.2. The van der Waals surface area contributed by atoms with Gasteiger partial charge in [-0.05, 0) is 80.3 Å². The van der Waals surface area contributed by atoms with E-state index >= 15 is 0 Å². The highest BCUT2D eigenvalue weighted by Crippen LogP contribution is 2.51. The third-order valence-electron chi connectivity index (χ3n) is 7.73. The van der Waals surface area contributed by atoms with E-state index in [0.717, 1.165) is 29.2 Å². The number of hydrogen-bond donors (Lipinski definition) is 2. The van der Waals surface area contributed by atoms with Crippen LogP contribution in [0.2, 0.25) is 0 Å². The summed E-state index contributed by atoms with van der Waals surface area (Å²) in [6, 6.07) is 13.2. The quantitative estimate of drug-likeness (QED) is 0.279. The molecule has 196 valence electrons. The highest BCUT2D eigenvalue weighted by molar-refractivity contribution is 9.10. The van der Waals surface area contributed by atoms with Gasteiger partial charge in [0.2, 0.25) is 5.91 Å². The van der Waals surface area contributed by atoms with E-state index in [1.807, 2.05) is 13.8 Å². The second kappa shape index (κ2) is 10.6. The van der Waals surface area contributed by atoms with Crippen LogP contribution in [0, 0.1) is 5.41 Å². The molecule has 1 aliphatic rings. The van der Waals surface area contributed by atoms with Crippen LogP contribution in [0.4, 0.5) is 0 Å². The van der Waals surface area contributed by atoms with Gasteiger partial charge in [-0.3, -0.25) is 4.79 Å². The first-order chi connectivity index (χ1) is 16.5.